The van der Waals surface area contributed by atoms with Crippen LogP contribution < -0.4 is 14.8 Å². The lowest BCUT2D eigenvalue weighted by molar-refractivity contribution is 0.0663. The molecule has 0 unspecified atom stereocenters. The van der Waals surface area contributed by atoms with Gasteiger partial charge >= 0.3 is 0 Å². The number of ether oxygens (including phenoxy) is 2. The lowest BCUT2D eigenvalue weighted by Crippen LogP contribution is -2.52. The molecule has 0 amide bonds. The second kappa shape index (κ2) is 12.4. The Kier molecular flexibility index (Phi) is 8.79. The number of hydrogen-bond donors (Lipinski definition) is 1. The summed E-state index contributed by atoms with van der Waals surface area (Å²) in [6, 6.07) is 8.93. The number of likely N-dealkylation sites (N-methyl/N-ethyl adjacent to an activating group) is 1. The fraction of sp³-hybridized carbons (Fsp3) is 0.500. The fourth-order valence-electron chi connectivity index (χ4n) is 5.31. The zero-order valence-corrected chi connectivity index (χ0v) is 22.9. The molecule has 8 nitrogen and oxygen atoms in total. The molecule has 5 rings (SSSR count). The maximum Gasteiger partial charge on any atom is 0.162 e. The number of fused-ring (bicyclic) bond motifs is 1. The highest BCUT2D eigenvalue weighted by molar-refractivity contribution is 6.31. The average molecular weight is 543 g/mol. The van der Waals surface area contributed by atoms with Gasteiger partial charge in [0.05, 0.1) is 24.3 Å². The molecule has 0 saturated carbocycles. The van der Waals surface area contributed by atoms with E-state index < -0.39 is 5.82 Å². The molecule has 3 aromatic rings. The molecule has 2 aliphatic heterocycles. The van der Waals surface area contributed by atoms with Gasteiger partial charge in [0.25, 0.3) is 0 Å². The van der Waals surface area contributed by atoms with Gasteiger partial charge in [0.1, 0.15) is 18.0 Å². The van der Waals surface area contributed by atoms with Gasteiger partial charge in [-0.05, 0) is 63.7 Å². The van der Waals surface area contributed by atoms with Crippen molar-refractivity contribution in [1.29, 1.82) is 0 Å². The molecule has 204 valence electrons. The number of nitrogens with one attached hydrogen (secondary N) is 1. The van der Waals surface area contributed by atoms with Crippen molar-refractivity contribution < 1.29 is 13.9 Å². The van der Waals surface area contributed by atoms with Gasteiger partial charge in [-0.15, -0.1) is 0 Å². The Balaban J connectivity index is 1.16. The molecule has 2 fully saturated rings. The molecule has 2 aliphatic rings. The quantitative estimate of drug-likeness (QED) is 0.392. The number of benzene rings is 2. The van der Waals surface area contributed by atoms with Crippen molar-refractivity contribution in [1.82, 2.24) is 24.7 Å². The molecule has 2 aromatic carbocycles. The van der Waals surface area contributed by atoms with Crippen LogP contribution in [0.3, 0.4) is 0 Å². The van der Waals surface area contributed by atoms with E-state index in [0.717, 1.165) is 37.5 Å². The summed E-state index contributed by atoms with van der Waals surface area (Å²) in [6.45, 7) is 8.66. The Morgan fingerprint density at radius 2 is 1.82 bits per heavy atom. The van der Waals surface area contributed by atoms with E-state index in [1.807, 2.05) is 12.1 Å². The predicted octanol–water partition coefficient (Wildman–Crippen LogP) is 4.66. The molecule has 10 heteroatoms. The van der Waals surface area contributed by atoms with Crippen molar-refractivity contribution >= 4 is 34.0 Å². The van der Waals surface area contributed by atoms with Crippen LogP contribution in [-0.2, 0) is 0 Å². The normalized spacial score (nSPS) is 18.1. The minimum Gasteiger partial charge on any atom is -0.493 e. The summed E-state index contributed by atoms with van der Waals surface area (Å²) in [6.07, 6.45) is 4.91. The van der Waals surface area contributed by atoms with Gasteiger partial charge in [-0.3, -0.25) is 4.90 Å². The van der Waals surface area contributed by atoms with E-state index in [2.05, 4.69) is 37.0 Å². The maximum atomic E-state index is 13.6. The number of aromatic nitrogens is 2. The number of methoxy groups -OCH3 is 1. The Bertz CT molecular complexity index is 1230. The zero-order valence-electron chi connectivity index (χ0n) is 22.1. The topological polar surface area (TPSA) is 66.0 Å². The smallest absolute Gasteiger partial charge is 0.162 e. The number of anilines is 2. The van der Waals surface area contributed by atoms with Crippen molar-refractivity contribution in [2.24, 2.45) is 0 Å². The number of nitrogens with zero attached hydrogens (tertiary/aromatic N) is 5. The second-order valence-electron chi connectivity index (χ2n) is 10.1. The van der Waals surface area contributed by atoms with Crippen LogP contribution in [0.15, 0.2) is 36.7 Å². The van der Waals surface area contributed by atoms with E-state index in [0.29, 0.717) is 35.1 Å². The van der Waals surface area contributed by atoms with E-state index in [-0.39, 0.29) is 5.02 Å². The zero-order chi connectivity index (χ0) is 26.5. The van der Waals surface area contributed by atoms with E-state index in [1.54, 1.807) is 13.2 Å². The van der Waals surface area contributed by atoms with Crippen LogP contribution in [0.1, 0.15) is 19.3 Å². The Morgan fingerprint density at radius 3 is 2.55 bits per heavy atom. The fourth-order valence-corrected chi connectivity index (χ4v) is 5.49. The van der Waals surface area contributed by atoms with Crippen LogP contribution in [0.4, 0.5) is 15.9 Å². The van der Waals surface area contributed by atoms with Gasteiger partial charge in [0.15, 0.2) is 11.5 Å². The number of hydrogen-bond acceptors (Lipinski definition) is 8. The standard InChI is InChI=1S/C28H36ClFN6O2/c1-34-11-13-36(14-12-34)21-6-9-35(10-7-21)8-3-15-38-27-17-22-25(18-26(27)37-2)31-19-32-28(22)33-20-4-5-24(30)23(29)16-20/h4-5,16-19,21H,3,6-15H2,1-2H3,(H,31,32,33). The van der Waals surface area contributed by atoms with Crippen LogP contribution in [0.25, 0.3) is 10.9 Å². The summed E-state index contributed by atoms with van der Waals surface area (Å²) >= 11 is 5.95. The summed E-state index contributed by atoms with van der Waals surface area (Å²) in [4.78, 5) is 16.4. The number of rotatable bonds is 9. The molecule has 0 spiro atoms. The maximum absolute atomic E-state index is 13.6. The molecule has 0 atom stereocenters. The second-order valence-corrected chi connectivity index (χ2v) is 10.5. The molecule has 38 heavy (non-hydrogen) atoms. The highest BCUT2D eigenvalue weighted by atomic mass is 35.5. The lowest BCUT2D eigenvalue weighted by Gasteiger charge is -2.42. The molecule has 1 aromatic heterocycles. The van der Waals surface area contributed by atoms with E-state index in [9.17, 15) is 4.39 Å². The third kappa shape index (κ3) is 6.46. The molecule has 2 saturated heterocycles. The summed E-state index contributed by atoms with van der Waals surface area (Å²) < 4.78 is 25.3. The molecular formula is C28H36ClFN6O2. The number of piperidine rings is 1. The number of halogens is 2. The summed E-state index contributed by atoms with van der Waals surface area (Å²) in [5.41, 5.74) is 1.34. The van der Waals surface area contributed by atoms with Crippen LogP contribution >= 0.6 is 11.6 Å². The predicted molar refractivity (Wildman–Crippen MR) is 149 cm³/mol. The average Bonchev–Trinajstić information content (AvgIpc) is 2.94. The number of piperazine rings is 1. The first-order chi connectivity index (χ1) is 18.5. The van der Waals surface area contributed by atoms with E-state index in [1.165, 1.54) is 57.5 Å². The molecule has 1 N–H and O–H groups in total. The minimum absolute atomic E-state index is 0.0441. The van der Waals surface area contributed by atoms with Crippen LogP contribution in [0.5, 0.6) is 11.5 Å². The van der Waals surface area contributed by atoms with E-state index >= 15 is 0 Å². The molecule has 3 heterocycles. The van der Waals surface area contributed by atoms with Crippen LogP contribution in [0, 0.1) is 5.82 Å². The van der Waals surface area contributed by atoms with Crippen molar-refractivity contribution in [3.8, 4) is 11.5 Å². The molecule has 0 bridgehead atoms. The van der Waals surface area contributed by atoms with Crippen molar-refractivity contribution in [3.63, 3.8) is 0 Å². The highest BCUT2D eigenvalue weighted by Gasteiger charge is 2.26. The Hall–Kier alpha value is -2.72. The van der Waals surface area contributed by atoms with Gasteiger partial charge in [-0.25, -0.2) is 14.4 Å². The third-order valence-electron chi connectivity index (χ3n) is 7.59. The minimum atomic E-state index is -0.468. The van der Waals surface area contributed by atoms with Gasteiger partial charge < -0.3 is 24.6 Å². The van der Waals surface area contributed by atoms with Crippen molar-refractivity contribution in [2.75, 3.05) is 71.9 Å². The summed E-state index contributed by atoms with van der Waals surface area (Å²) in [7, 11) is 3.84. The highest BCUT2D eigenvalue weighted by Crippen LogP contribution is 2.35. The van der Waals surface area contributed by atoms with Crippen molar-refractivity contribution in [3.05, 3.63) is 47.5 Å². The molecule has 0 aliphatic carbocycles. The van der Waals surface area contributed by atoms with Crippen LogP contribution in [0.2, 0.25) is 5.02 Å². The van der Waals surface area contributed by atoms with Gasteiger partial charge in [-0.1, -0.05) is 11.6 Å². The third-order valence-corrected chi connectivity index (χ3v) is 7.88. The van der Waals surface area contributed by atoms with E-state index in [4.69, 9.17) is 21.1 Å². The molecular weight excluding hydrogens is 507 g/mol. The SMILES string of the molecule is COc1cc2ncnc(Nc3ccc(F)c(Cl)c3)c2cc1OCCCN1CCC(N2CCN(C)CC2)CC1. The van der Waals surface area contributed by atoms with Gasteiger partial charge in [0, 0.05) is 55.9 Å². The first-order valence-corrected chi connectivity index (χ1v) is 13.7. The lowest BCUT2D eigenvalue weighted by atomic mass is 10.0. The largest absolute Gasteiger partial charge is 0.493 e. The summed E-state index contributed by atoms with van der Waals surface area (Å²) in [5.74, 6) is 1.38. The molecule has 0 radical (unpaired) electrons. The first kappa shape index (κ1) is 26.9. The van der Waals surface area contributed by atoms with Gasteiger partial charge in [0.2, 0.25) is 0 Å². The van der Waals surface area contributed by atoms with Crippen molar-refractivity contribution in [2.45, 2.75) is 25.3 Å². The summed E-state index contributed by atoms with van der Waals surface area (Å²) in [5, 5.41) is 4.03. The number of likely N-dealkylation sites (tertiary alicyclic amines) is 1. The van der Waals surface area contributed by atoms with Crippen LogP contribution in [-0.4, -0.2) is 97.3 Å². The Morgan fingerprint density at radius 1 is 1.03 bits per heavy atom. The Labute approximate surface area is 228 Å². The first-order valence-electron chi connectivity index (χ1n) is 13.3. The monoisotopic (exact) mass is 542 g/mol. The van der Waals surface area contributed by atoms with Gasteiger partial charge in [-0.2, -0.15) is 0 Å².